The van der Waals surface area contributed by atoms with Crippen molar-refractivity contribution >= 4 is 18.3 Å². The van der Waals surface area contributed by atoms with Crippen LogP contribution in [0.4, 0.5) is 0 Å². The summed E-state index contributed by atoms with van der Waals surface area (Å²) in [6.07, 6.45) is 5.08. The number of rotatable bonds is 5. The number of amides is 1. The van der Waals surface area contributed by atoms with Crippen molar-refractivity contribution in [2.24, 2.45) is 11.3 Å². The number of benzene rings is 1. The molecular weight excluding hydrogens is 364 g/mol. The summed E-state index contributed by atoms with van der Waals surface area (Å²) in [4.78, 5) is 17.5. The molecule has 2 aromatic rings. The van der Waals surface area contributed by atoms with Crippen molar-refractivity contribution in [2.45, 2.75) is 45.1 Å². The van der Waals surface area contributed by atoms with Gasteiger partial charge in [0, 0.05) is 13.0 Å². The summed E-state index contributed by atoms with van der Waals surface area (Å²) in [5.74, 6) is 1.69. The van der Waals surface area contributed by atoms with Gasteiger partial charge in [0.2, 0.25) is 11.8 Å². The topological polar surface area (TPSA) is 80.0 Å². The maximum Gasteiger partial charge on any atom is 0.248 e. The molecule has 1 saturated heterocycles. The number of nitrogens with one attached hydrogen (secondary N) is 2. The first kappa shape index (κ1) is 19.8. The summed E-state index contributed by atoms with van der Waals surface area (Å²) in [5, 5.41) is 10.6. The fourth-order valence-corrected chi connectivity index (χ4v) is 4.39. The molecular formula is C20H27ClN4O2. The second kappa shape index (κ2) is 8.40. The van der Waals surface area contributed by atoms with Gasteiger partial charge in [-0.3, -0.25) is 4.79 Å². The van der Waals surface area contributed by atoms with Crippen molar-refractivity contribution in [2.75, 3.05) is 13.1 Å². The molecule has 1 unspecified atom stereocenters. The zero-order valence-electron chi connectivity index (χ0n) is 15.6. The summed E-state index contributed by atoms with van der Waals surface area (Å²) >= 11 is 0. The van der Waals surface area contributed by atoms with Crippen LogP contribution in [0.2, 0.25) is 0 Å². The van der Waals surface area contributed by atoms with Gasteiger partial charge < -0.3 is 15.2 Å². The smallest absolute Gasteiger partial charge is 0.248 e. The summed E-state index contributed by atoms with van der Waals surface area (Å²) in [5.41, 5.74) is 0.872. The van der Waals surface area contributed by atoms with Gasteiger partial charge >= 0.3 is 0 Å². The molecule has 1 amide bonds. The number of halogens is 1. The monoisotopic (exact) mass is 390 g/mol. The lowest BCUT2D eigenvalue weighted by molar-refractivity contribution is -0.134. The Morgan fingerprint density at radius 3 is 3.00 bits per heavy atom. The van der Waals surface area contributed by atoms with Crippen LogP contribution in [0.1, 0.15) is 55.9 Å². The molecule has 1 aromatic carbocycles. The van der Waals surface area contributed by atoms with Crippen LogP contribution in [-0.2, 0) is 11.2 Å². The second-order valence-electron chi connectivity index (χ2n) is 7.64. The molecule has 1 aliphatic heterocycles. The van der Waals surface area contributed by atoms with Crippen LogP contribution < -0.4 is 10.6 Å². The Kier molecular flexibility index (Phi) is 6.17. The largest absolute Gasteiger partial charge is 0.344 e. The Labute approximate surface area is 165 Å². The zero-order chi connectivity index (χ0) is 18.0. The Balaban J connectivity index is 0.00000210. The van der Waals surface area contributed by atoms with Crippen molar-refractivity contribution in [1.29, 1.82) is 0 Å². The summed E-state index contributed by atoms with van der Waals surface area (Å²) in [7, 11) is 0. The molecule has 1 saturated carbocycles. The van der Waals surface area contributed by atoms with E-state index in [0.29, 0.717) is 24.1 Å². The molecule has 27 heavy (non-hydrogen) atoms. The Hall–Kier alpha value is -1.92. The third-order valence-corrected chi connectivity index (χ3v) is 5.90. The minimum absolute atomic E-state index is 0. The van der Waals surface area contributed by atoms with E-state index in [1.807, 2.05) is 37.3 Å². The molecule has 0 bridgehead atoms. The lowest BCUT2D eigenvalue weighted by Gasteiger charge is -2.37. The molecule has 4 rings (SSSR count). The third kappa shape index (κ3) is 4.01. The minimum Gasteiger partial charge on any atom is -0.344 e. The summed E-state index contributed by atoms with van der Waals surface area (Å²) in [6.45, 7) is 3.64. The molecule has 146 valence electrons. The first-order chi connectivity index (χ1) is 12.7. The average Bonchev–Trinajstić information content (AvgIpc) is 3.30. The quantitative estimate of drug-likeness (QED) is 0.820. The number of carbonyl (C=O) groups excluding carboxylic acids is 1. The van der Waals surface area contributed by atoms with E-state index in [-0.39, 0.29) is 29.8 Å². The van der Waals surface area contributed by atoms with E-state index in [2.05, 4.69) is 20.8 Å². The molecule has 0 spiro atoms. The van der Waals surface area contributed by atoms with Crippen molar-refractivity contribution in [3.63, 3.8) is 0 Å². The third-order valence-electron chi connectivity index (χ3n) is 5.90. The average molecular weight is 391 g/mol. The lowest BCUT2D eigenvalue weighted by atomic mass is 9.67. The van der Waals surface area contributed by atoms with E-state index < -0.39 is 0 Å². The normalized spacial score (nSPS) is 25.3. The maximum atomic E-state index is 13.0. The fraction of sp³-hybridized carbons (Fsp3) is 0.550. The van der Waals surface area contributed by atoms with Crippen LogP contribution in [0, 0.1) is 11.3 Å². The first-order valence-electron chi connectivity index (χ1n) is 9.55. The number of fused-ring (bicyclic) bond motifs is 1. The van der Waals surface area contributed by atoms with Crippen molar-refractivity contribution in [3.8, 4) is 0 Å². The van der Waals surface area contributed by atoms with Gasteiger partial charge in [-0.1, -0.05) is 48.3 Å². The molecule has 6 nitrogen and oxygen atoms in total. The minimum atomic E-state index is -0.280. The van der Waals surface area contributed by atoms with E-state index >= 15 is 0 Å². The highest BCUT2D eigenvalue weighted by atomic mass is 35.5. The van der Waals surface area contributed by atoms with E-state index in [1.165, 1.54) is 6.42 Å². The Morgan fingerprint density at radius 2 is 2.19 bits per heavy atom. The van der Waals surface area contributed by atoms with Gasteiger partial charge in [0.1, 0.15) is 6.04 Å². The SMILES string of the molecule is CC(NC(=O)[C@@]12CCCC[C@H]1CNC2)c1nc(Cc2ccccc2)no1.Cl. The van der Waals surface area contributed by atoms with Crippen LogP contribution in [0.3, 0.4) is 0 Å². The number of hydrogen-bond acceptors (Lipinski definition) is 5. The van der Waals surface area contributed by atoms with Gasteiger partial charge in [-0.05, 0) is 37.8 Å². The number of hydrogen-bond donors (Lipinski definition) is 2. The number of nitrogens with zero attached hydrogens (tertiary/aromatic N) is 2. The van der Waals surface area contributed by atoms with Crippen LogP contribution in [0.5, 0.6) is 0 Å². The fourth-order valence-electron chi connectivity index (χ4n) is 4.39. The highest BCUT2D eigenvalue weighted by molar-refractivity contribution is 5.85. The molecule has 0 radical (unpaired) electrons. The van der Waals surface area contributed by atoms with Crippen molar-refractivity contribution in [3.05, 3.63) is 47.6 Å². The van der Waals surface area contributed by atoms with Gasteiger partial charge in [0.05, 0.1) is 5.41 Å². The number of carbonyl (C=O) groups is 1. The maximum absolute atomic E-state index is 13.0. The van der Waals surface area contributed by atoms with Crippen LogP contribution >= 0.6 is 12.4 Å². The highest BCUT2D eigenvalue weighted by Crippen LogP contribution is 2.44. The van der Waals surface area contributed by atoms with Gasteiger partial charge in [-0.2, -0.15) is 4.98 Å². The van der Waals surface area contributed by atoms with Crippen molar-refractivity contribution in [1.82, 2.24) is 20.8 Å². The molecule has 2 N–H and O–H groups in total. The van der Waals surface area contributed by atoms with Gasteiger partial charge in [-0.25, -0.2) is 0 Å². The summed E-state index contributed by atoms with van der Waals surface area (Å²) in [6, 6.07) is 9.77. The van der Waals surface area contributed by atoms with E-state index in [9.17, 15) is 4.79 Å². The highest BCUT2D eigenvalue weighted by Gasteiger charge is 2.50. The molecule has 1 aliphatic carbocycles. The van der Waals surface area contributed by atoms with Gasteiger partial charge in [0.15, 0.2) is 5.82 Å². The van der Waals surface area contributed by atoms with E-state index in [0.717, 1.165) is 37.9 Å². The van der Waals surface area contributed by atoms with E-state index in [4.69, 9.17) is 4.52 Å². The Morgan fingerprint density at radius 1 is 1.37 bits per heavy atom. The van der Waals surface area contributed by atoms with Crippen LogP contribution in [-0.4, -0.2) is 29.1 Å². The lowest BCUT2D eigenvalue weighted by Crippen LogP contribution is -2.48. The van der Waals surface area contributed by atoms with Gasteiger partial charge in [0.25, 0.3) is 0 Å². The molecule has 7 heteroatoms. The summed E-state index contributed by atoms with van der Waals surface area (Å²) < 4.78 is 5.40. The predicted octanol–water partition coefficient (Wildman–Crippen LogP) is 3.04. The first-order valence-corrected chi connectivity index (χ1v) is 9.55. The van der Waals surface area contributed by atoms with E-state index in [1.54, 1.807) is 0 Å². The molecule has 1 aromatic heterocycles. The van der Waals surface area contributed by atoms with Crippen molar-refractivity contribution < 1.29 is 9.32 Å². The molecule has 2 aliphatic rings. The predicted molar refractivity (Wildman–Crippen MR) is 105 cm³/mol. The second-order valence-corrected chi connectivity index (χ2v) is 7.64. The van der Waals surface area contributed by atoms with Crippen LogP contribution in [0.25, 0.3) is 0 Å². The molecule has 3 atom stereocenters. The zero-order valence-corrected chi connectivity index (χ0v) is 16.4. The van der Waals surface area contributed by atoms with Gasteiger partial charge in [-0.15, -0.1) is 12.4 Å². The molecule has 2 heterocycles. The Bertz CT molecular complexity index is 766. The number of aromatic nitrogens is 2. The standard InChI is InChI=1S/C20H26N4O2.ClH/c1-14(18-23-17(24-26-18)11-15-7-3-2-4-8-15)22-19(25)20-10-6-5-9-16(20)12-21-13-20;/h2-4,7-8,14,16,21H,5-6,9-13H2,1H3,(H,22,25);1H/t14?,16-,20+;/m0./s1. The van der Waals surface area contributed by atoms with Crippen LogP contribution in [0.15, 0.2) is 34.9 Å². The molecule has 2 fully saturated rings.